The molecule has 2 rings (SSSR count). The summed E-state index contributed by atoms with van der Waals surface area (Å²) in [6, 6.07) is 8.48. The second kappa shape index (κ2) is 6.16. The Morgan fingerprint density at radius 3 is 3.00 bits per heavy atom. The number of nitrogens with one attached hydrogen (secondary N) is 1. The van der Waals surface area contributed by atoms with Crippen molar-refractivity contribution in [2.24, 2.45) is 0 Å². The summed E-state index contributed by atoms with van der Waals surface area (Å²) in [7, 11) is 1.66. The largest absolute Gasteiger partial charge is 0.493 e. The molecule has 2 aromatic rings. The maximum absolute atomic E-state index is 5.82. The van der Waals surface area contributed by atoms with Crippen LogP contribution in [-0.2, 0) is 6.54 Å². The number of benzene rings is 1. The first-order valence-corrected chi connectivity index (χ1v) is 7.41. The van der Waals surface area contributed by atoms with Crippen molar-refractivity contribution in [3.63, 3.8) is 0 Å². The number of hydrogen-bond acceptors (Lipinski definition) is 4. The van der Waals surface area contributed by atoms with Gasteiger partial charge in [0.25, 0.3) is 0 Å². The van der Waals surface area contributed by atoms with E-state index >= 15 is 0 Å². The van der Waals surface area contributed by atoms with Crippen molar-refractivity contribution in [1.82, 2.24) is 5.32 Å². The van der Waals surface area contributed by atoms with E-state index in [-0.39, 0.29) is 0 Å². The molecule has 1 atom stereocenters. The van der Waals surface area contributed by atoms with Crippen LogP contribution >= 0.6 is 11.8 Å². The molecule has 98 valence electrons. The van der Waals surface area contributed by atoms with Gasteiger partial charge in [0.2, 0.25) is 0 Å². The van der Waals surface area contributed by atoms with Crippen LogP contribution in [0.1, 0.15) is 12.7 Å². The summed E-state index contributed by atoms with van der Waals surface area (Å²) in [6.07, 6.45) is 2.12. The molecule has 4 heteroatoms. The van der Waals surface area contributed by atoms with Crippen LogP contribution in [0.5, 0.6) is 5.75 Å². The minimum atomic E-state index is 0.482. The molecule has 1 N–H and O–H groups in total. The van der Waals surface area contributed by atoms with Gasteiger partial charge in [-0.2, -0.15) is 11.8 Å². The zero-order valence-electron chi connectivity index (χ0n) is 11.0. The van der Waals surface area contributed by atoms with E-state index in [2.05, 4.69) is 24.6 Å². The van der Waals surface area contributed by atoms with Crippen molar-refractivity contribution in [2.45, 2.75) is 19.5 Å². The van der Waals surface area contributed by atoms with Gasteiger partial charge in [0.15, 0.2) is 11.3 Å². The fourth-order valence-corrected chi connectivity index (χ4v) is 2.54. The molecule has 0 radical (unpaired) electrons. The number of methoxy groups -OCH3 is 1. The van der Waals surface area contributed by atoms with Gasteiger partial charge in [0.05, 0.1) is 13.7 Å². The lowest BCUT2D eigenvalue weighted by Gasteiger charge is -2.10. The number of ether oxygens (including phenoxy) is 1. The molecule has 1 aromatic carbocycles. The van der Waals surface area contributed by atoms with Gasteiger partial charge in [-0.05, 0) is 25.3 Å². The standard InChI is InChI=1S/C14H19NO2S/c1-10(9-18-3)15-8-12-7-11-5-4-6-13(16-2)14(11)17-12/h4-7,10,15H,8-9H2,1-3H3. The summed E-state index contributed by atoms with van der Waals surface area (Å²) in [4.78, 5) is 0. The Morgan fingerprint density at radius 1 is 1.44 bits per heavy atom. The summed E-state index contributed by atoms with van der Waals surface area (Å²) in [6.45, 7) is 2.93. The predicted molar refractivity (Wildman–Crippen MR) is 77.4 cm³/mol. The Labute approximate surface area is 112 Å². The van der Waals surface area contributed by atoms with Crippen LogP contribution in [0.15, 0.2) is 28.7 Å². The van der Waals surface area contributed by atoms with Gasteiger partial charge in [0.1, 0.15) is 5.76 Å². The van der Waals surface area contributed by atoms with Crippen LogP contribution in [0.25, 0.3) is 11.0 Å². The first kappa shape index (κ1) is 13.3. The number of hydrogen-bond donors (Lipinski definition) is 1. The van der Waals surface area contributed by atoms with Gasteiger partial charge in [-0.15, -0.1) is 0 Å². The van der Waals surface area contributed by atoms with E-state index in [4.69, 9.17) is 9.15 Å². The topological polar surface area (TPSA) is 34.4 Å². The van der Waals surface area contributed by atoms with Crippen LogP contribution in [0.2, 0.25) is 0 Å². The van der Waals surface area contributed by atoms with Gasteiger partial charge >= 0.3 is 0 Å². The van der Waals surface area contributed by atoms with E-state index in [1.807, 2.05) is 30.0 Å². The third-order valence-electron chi connectivity index (χ3n) is 2.82. The average Bonchev–Trinajstić information content (AvgIpc) is 2.79. The fraction of sp³-hybridized carbons (Fsp3) is 0.429. The lowest BCUT2D eigenvalue weighted by atomic mass is 10.2. The maximum Gasteiger partial charge on any atom is 0.176 e. The molecule has 0 spiro atoms. The Bertz CT molecular complexity index is 509. The van der Waals surface area contributed by atoms with E-state index in [0.717, 1.165) is 34.8 Å². The van der Waals surface area contributed by atoms with E-state index in [1.165, 1.54) is 0 Å². The van der Waals surface area contributed by atoms with Crippen molar-refractivity contribution < 1.29 is 9.15 Å². The predicted octanol–water partition coefficient (Wildman–Crippen LogP) is 3.28. The molecule has 0 amide bonds. The summed E-state index contributed by atoms with van der Waals surface area (Å²) >= 11 is 1.84. The van der Waals surface area contributed by atoms with Gasteiger partial charge in [-0.25, -0.2) is 0 Å². The van der Waals surface area contributed by atoms with E-state index < -0.39 is 0 Å². The minimum Gasteiger partial charge on any atom is -0.493 e. The molecular formula is C14H19NO2S. The summed E-state index contributed by atoms with van der Waals surface area (Å²) in [5.74, 6) is 2.84. The lowest BCUT2D eigenvalue weighted by molar-refractivity contribution is 0.405. The lowest BCUT2D eigenvalue weighted by Crippen LogP contribution is -2.27. The molecule has 0 bridgehead atoms. The Balaban J connectivity index is 2.10. The highest BCUT2D eigenvalue weighted by Crippen LogP contribution is 2.28. The molecule has 0 aliphatic carbocycles. The SMILES string of the molecule is COc1cccc2cc(CNC(C)CSC)oc12. The van der Waals surface area contributed by atoms with Crippen LogP contribution < -0.4 is 10.1 Å². The number of thioether (sulfide) groups is 1. The van der Waals surface area contributed by atoms with Crippen molar-refractivity contribution in [1.29, 1.82) is 0 Å². The first-order chi connectivity index (χ1) is 8.74. The molecule has 1 unspecified atom stereocenters. The molecule has 0 saturated heterocycles. The van der Waals surface area contributed by atoms with Crippen molar-refractivity contribution in [3.05, 3.63) is 30.0 Å². The van der Waals surface area contributed by atoms with Crippen LogP contribution in [0.3, 0.4) is 0 Å². The molecule has 18 heavy (non-hydrogen) atoms. The summed E-state index contributed by atoms with van der Waals surface area (Å²) in [5, 5.41) is 4.53. The molecule has 0 saturated carbocycles. The van der Waals surface area contributed by atoms with Gasteiger partial charge in [0, 0.05) is 17.2 Å². The summed E-state index contributed by atoms with van der Waals surface area (Å²) < 4.78 is 11.1. The first-order valence-electron chi connectivity index (χ1n) is 6.02. The third-order valence-corrected chi connectivity index (χ3v) is 3.65. The number of para-hydroxylation sites is 1. The second-order valence-corrected chi connectivity index (χ2v) is 5.24. The smallest absolute Gasteiger partial charge is 0.176 e. The molecule has 3 nitrogen and oxygen atoms in total. The molecule has 0 aliphatic rings. The second-order valence-electron chi connectivity index (χ2n) is 4.33. The van der Waals surface area contributed by atoms with Crippen LogP contribution in [0.4, 0.5) is 0 Å². The zero-order valence-corrected chi connectivity index (χ0v) is 11.8. The normalized spacial score (nSPS) is 12.8. The third kappa shape index (κ3) is 3.00. The average molecular weight is 265 g/mol. The fourth-order valence-electron chi connectivity index (χ4n) is 1.92. The highest BCUT2D eigenvalue weighted by Gasteiger charge is 2.09. The highest BCUT2D eigenvalue weighted by atomic mass is 32.2. The van der Waals surface area contributed by atoms with Crippen LogP contribution in [0, 0.1) is 0 Å². The van der Waals surface area contributed by atoms with E-state index in [0.29, 0.717) is 6.04 Å². The maximum atomic E-state index is 5.82. The Morgan fingerprint density at radius 2 is 2.28 bits per heavy atom. The molecule has 1 aromatic heterocycles. The molecule has 0 aliphatic heterocycles. The molecule has 1 heterocycles. The summed E-state index contributed by atoms with van der Waals surface area (Å²) in [5.41, 5.74) is 0.828. The minimum absolute atomic E-state index is 0.482. The van der Waals surface area contributed by atoms with Crippen molar-refractivity contribution in [2.75, 3.05) is 19.1 Å². The van der Waals surface area contributed by atoms with E-state index in [1.54, 1.807) is 7.11 Å². The number of furan rings is 1. The molecular weight excluding hydrogens is 246 g/mol. The van der Waals surface area contributed by atoms with Crippen LogP contribution in [-0.4, -0.2) is 25.2 Å². The number of fused-ring (bicyclic) bond motifs is 1. The quantitative estimate of drug-likeness (QED) is 0.869. The Hall–Kier alpha value is -1.13. The van der Waals surface area contributed by atoms with Gasteiger partial charge in [-0.1, -0.05) is 12.1 Å². The zero-order chi connectivity index (χ0) is 13.0. The van der Waals surface area contributed by atoms with Crippen molar-refractivity contribution in [3.8, 4) is 5.75 Å². The molecule has 0 fully saturated rings. The van der Waals surface area contributed by atoms with E-state index in [9.17, 15) is 0 Å². The Kier molecular flexibility index (Phi) is 4.55. The van der Waals surface area contributed by atoms with Gasteiger partial charge < -0.3 is 14.5 Å². The van der Waals surface area contributed by atoms with Crippen molar-refractivity contribution >= 4 is 22.7 Å². The van der Waals surface area contributed by atoms with Gasteiger partial charge in [-0.3, -0.25) is 0 Å². The monoisotopic (exact) mass is 265 g/mol. The highest BCUT2D eigenvalue weighted by molar-refractivity contribution is 7.98. The number of rotatable bonds is 6.